The third kappa shape index (κ3) is 5.67. The molecule has 0 radical (unpaired) electrons. The summed E-state index contributed by atoms with van der Waals surface area (Å²) in [6, 6.07) is 10.9. The summed E-state index contributed by atoms with van der Waals surface area (Å²) in [4.78, 5) is 11.6. The van der Waals surface area contributed by atoms with Crippen molar-refractivity contribution in [3.8, 4) is 5.75 Å². The van der Waals surface area contributed by atoms with E-state index in [0.29, 0.717) is 12.3 Å². The zero-order chi connectivity index (χ0) is 16.5. The molecule has 0 spiro atoms. The van der Waals surface area contributed by atoms with Gasteiger partial charge in [-0.3, -0.25) is 0 Å². The molecule has 2 aromatic rings. The molecule has 1 heterocycles. The average molecular weight is 318 g/mol. The molecule has 0 saturated heterocycles. The summed E-state index contributed by atoms with van der Waals surface area (Å²) in [6.45, 7) is 0.673. The molecular weight excluding hydrogens is 296 g/mol. The third-order valence-corrected chi connectivity index (χ3v) is 3.41. The minimum atomic E-state index is -0.838. The Hall–Kier alpha value is -2.47. The van der Waals surface area contributed by atoms with Gasteiger partial charge >= 0.3 is 6.03 Å². The van der Waals surface area contributed by atoms with Crippen molar-refractivity contribution >= 4 is 6.03 Å². The van der Waals surface area contributed by atoms with Crippen LogP contribution in [0.25, 0.3) is 0 Å². The molecule has 6 nitrogen and oxygen atoms in total. The number of ether oxygens (including phenoxy) is 1. The van der Waals surface area contributed by atoms with Crippen LogP contribution in [0.15, 0.2) is 47.1 Å². The number of aryl methyl sites for hydroxylation is 1. The number of aliphatic hydroxyl groups is 1. The van der Waals surface area contributed by atoms with Crippen LogP contribution in [0.3, 0.4) is 0 Å². The highest BCUT2D eigenvalue weighted by molar-refractivity contribution is 5.73. The van der Waals surface area contributed by atoms with Gasteiger partial charge in [0.1, 0.15) is 17.6 Å². The van der Waals surface area contributed by atoms with Crippen molar-refractivity contribution in [1.82, 2.24) is 10.6 Å². The molecule has 0 aliphatic carbocycles. The lowest BCUT2D eigenvalue weighted by Gasteiger charge is -2.10. The average Bonchev–Trinajstić information content (AvgIpc) is 3.12. The fraction of sp³-hybridized carbons (Fsp3) is 0.353. The lowest BCUT2D eigenvalue weighted by Crippen LogP contribution is -2.38. The molecular formula is C17H22N2O4. The van der Waals surface area contributed by atoms with Crippen molar-refractivity contribution in [3.05, 3.63) is 54.0 Å². The van der Waals surface area contributed by atoms with Gasteiger partial charge in [-0.25, -0.2) is 4.79 Å². The van der Waals surface area contributed by atoms with Gasteiger partial charge in [0.15, 0.2) is 0 Å². The van der Waals surface area contributed by atoms with Crippen molar-refractivity contribution in [2.24, 2.45) is 0 Å². The standard InChI is InChI=1S/C17H22N2O4/c1-22-14-8-6-13(7-9-14)4-2-10-18-17(21)19-12-15(20)16-5-3-11-23-16/h3,5-9,11,15,20H,2,4,10,12H2,1H3,(H2,18,19,21). The Labute approximate surface area is 135 Å². The van der Waals surface area contributed by atoms with E-state index in [4.69, 9.17) is 9.15 Å². The molecule has 1 atom stereocenters. The van der Waals surface area contributed by atoms with Crippen molar-refractivity contribution in [2.75, 3.05) is 20.2 Å². The molecule has 0 fully saturated rings. The van der Waals surface area contributed by atoms with Gasteiger partial charge in [0, 0.05) is 6.54 Å². The Kier molecular flexibility index (Phi) is 6.50. The third-order valence-electron chi connectivity index (χ3n) is 3.41. The number of carbonyl (C=O) groups excluding carboxylic acids is 1. The van der Waals surface area contributed by atoms with Crippen LogP contribution in [0.5, 0.6) is 5.75 Å². The predicted molar refractivity (Wildman–Crippen MR) is 86.4 cm³/mol. The van der Waals surface area contributed by atoms with Gasteiger partial charge in [0.05, 0.1) is 19.9 Å². The first-order chi connectivity index (χ1) is 11.2. The van der Waals surface area contributed by atoms with E-state index < -0.39 is 6.10 Å². The zero-order valence-electron chi connectivity index (χ0n) is 13.1. The maximum Gasteiger partial charge on any atom is 0.314 e. The normalized spacial score (nSPS) is 11.7. The zero-order valence-corrected chi connectivity index (χ0v) is 13.1. The Balaban J connectivity index is 1.59. The van der Waals surface area contributed by atoms with Crippen LogP contribution in [-0.4, -0.2) is 31.3 Å². The lowest BCUT2D eigenvalue weighted by atomic mass is 10.1. The summed E-state index contributed by atoms with van der Waals surface area (Å²) < 4.78 is 10.2. The van der Waals surface area contributed by atoms with Gasteiger partial charge in [-0.05, 0) is 42.7 Å². The molecule has 124 valence electrons. The monoisotopic (exact) mass is 318 g/mol. The van der Waals surface area contributed by atoms with E-state index in [0.717, 1.165) is 18.6 Å². The number of furan rings is 1. The number of carbonyl (C=O) groups is 1. The molecule has 0 bridgehead atoms. The summed E-state index contributed by atoms with van der Waals surface area (Å²) in [7, 11) is 1.64. The molecule has 1 unspecified atom stereocenters. The number of amides is 2. The van der Waals surface area contributed by atoms with Crippen LogP contribution in [0.4, 0.5) is 4.79 Å². The van der Waals surface area contributed by atoms with Crippen molar-refractivity contribution in [3.63, 3.8) is 0 Å². The number of aliphatic hydroxyl groups excluding tert-OH is 1. The largest absolute Gasteiger partial charge is 0.497 e. The predicted octanol–water partition coefficient (Wildman–Crippen LogP) is 2.25. The number of rotatable bonds is 8. The molecule has 1 aromatic carbocycles. The summed E-state index contributed by atoms with van der Waals surface area (Å²) in [6.07, 6.45) is 2.35. The SMILES string of the molecule is COc1ccc(CCCNC(=O)NCC(O)c2ccco2)cc1. The molecule has 3 N–H and O–H groups in total. The lowest BCUT2D eigenvalue weighted by molar-refractivity contribution is 0.148. The van der Waals surface area contributed by atoms with Gasteiger partial charge in [-0.1, -0.05) is 12.1 Å². The quantitative estimate of drug-likeness (QED) is 0.652. The fourth-order valence-corrected chi connectivity index (χ4v) is 2.12. The second-order valence-corrected chi connectivity index (χ2v) is 5.12. The summed E-state index contributed by atoms with van der Waals surface area (Å²) in [5.41, 5.74) is 1.20. The van der Waals surface area contributed by atoms with Crippen LogP contribution in [0, 0.1) is 0 Å². The fourth-order valence-electron chi connectivity index (χ4n) is 2.12. The molecule has 6 heteroatoms. The van der Waals surface area contributed by atoms with Crippen LogP contribution in [0.2, 0.25) is 0 Å². The van der Waals surface area contributed by atoms with E-state index in [1.807, 2.05) is 24.3 Å². The minimum Gasteiger partial charge on any atom is -0.497 e. The second-order valence-electron chi connectivity index (χ2n) is 5.12. The van der Waals surface area contributed by atoms with Gasteiger partial charge in [-0.2, -0.15) is 0 Å². The summed E-state index contributed by atoms with van der Waals surface area (Å²) >= 11 is 0. The van der Waals surface area contributed by atoms with E-state index in [1.54, 1.807) is 19.2 Å². The van der Waals surface area contributed by atoms with Crippen molar-refractivity contribution in [1.29, 1.82) is 0 Å². The number of urea groups is 1. The first-order valence-corrected chi connectivity index (χ1v) is 7.55. The maximum atomic E-state index is 11.6. The van der Waals surface area contributed by atoms with E-state index in [-0.39, 0.29) is 12.6 Å². The molecule has 23 heavy (non-hydrogen) atoms. The molecule has 2 amide bonds. The minimum absolute atomic E-state index is 0.109. The van der Waals surface area contributed by atoms with E-state index in [9.17, 15) is 9.90 Å². The first-order valence-electron chi connectivity index (χ1n) is 7.55. The summed E-state index contributed by atoms with van der Waals surface area (Å²) in [5.74, 6) is 1.27. The van der Waals surface area contributed by atoms with Crippen LogP contribution in [-0.2, 0) is 6.42 Å². The Bertz CT molecular complexity index is 581. The van der Waals surface area contributed by atoms with E-state index >= 15 is 0 Å². The number of nitrogens with one attached hydrogen (secondary N) is 2. The molecule has 0 saturated carbocycles. The van der Waals surface area contributed by atoms with Gasteiger partial charge in [0.25, 0.3) is 0 Å². The van der Waals surface area contributed by atoms with Crippen LogP contribution < -0.4 is 15.4 Å². The molecule has 2 rings (SSSR count). The summed E-state index contributed by atoms with van der Waals surface area (Å²) in [5, 5.41) is 15.1. The first kappa shape index (κ1) is 16.9. The van der Waals surface area contributed by atoms with E-state index in [2.05, 4.69) is 10.6 Å². The molecule has 0 aliphatic rings. The van der Waals surface area contributed by atoms with Gasteiger partial charge in [0.2, 0.25) is 0 Å². The van der Waals surface area contributed by atoms with Gasteiger partial charge < -0.3 is 24.9 Å². The highest BCUT2D eigenvalue weighted by Gasteiger charge is 2.11. The Morgan fingerprint density at radius 3 is 2.70 bits per heavy atom. The number of hydrogen-bond acceptors (Lipinski definition) is 4. The van der Waals surface area contributed by atoms with Crippen molar-refractivity contribution in [2.45, 2.75) is 18.9 Å². The number of benzene rings is 1. The smallest absolute Gasteiger partial charge is 0.314 e. The number of methoxy groups -OCH3 is 1. The highest BCUT2D eigenvalue weighted by Crippen LogP contribution is 2.12. The van der Waals surface area contributed by atoms with Crippen LogP contribution in [0.1, 0.15) is 23.8 Å². The number of hydrogen-bond donors (Lipinski definition) is 3. The highest BCUT2D eigenvalue weighted by atomic mass is 16.5. The van der Waals surface area contributed by atoms with E-state index in [1.165, 1.54) is 11.8 Å². The van der Waals surface area contributed by atoms with Crippen molar-refractivity contribution < 1.29 is 19.1 Å². The maximum absolute atomic E-state index is 11.6. The van der Waals surface area contributed by atoms with Crippen LogP contribution >= 0.6 is 0 Å². The molecule has 0 aliphatic heterocycles. The second kappa shape index (κ2) is 8.85. The van der Waals surface area contributed by atoms with Gasteiger partial charge in [-0.15, -0.1) is 0 Å². The Morgan fingerprint density at radius 2 is 2.04 bits per heavy atom. The molecule has 1 aromatic heterocycles. The topological polar surface area (TPSA) is 83.7 Å². The Morgan fingerprint density at radius 1 is 1.26 bits per heavy atom.